The summed E-state index contributed by atoms with van der Waals surface area (Å²) in [6.07, 6.45) is 0. The molecule has 1 aromatic carbocycles. The lowest BCUT2D eigenvalue weighted by molar-refractivity contribution is -0.147. The highest BCUT2D eigenvalue weighted by Gasteiger charge is 2.45. The van der Waals surface area contributed by atoms with Crippen LogP contribution in [0, 0.1) is 5.92 Å². The molecule has 2 aliphatic rings. The van der Waals surface area contributed by atoms with E-state index in [0.29, 0.717) is 31.7 Å². The number of nitrogens with one attached hydrogen (secondary N) is 2. The molecular weight excluding hydrogens is 384 g/mol. The number of anilines is 1. The average molecular weight is 410 g/mol. The van der Waals surface area contributed by atoms with Crippen LogP contribution in [0.15, 0.2) is 24.3 Å². The van der Waals surface area contributed by atoms with Crippen molar-refractivity contribution in [3.05, 3.63) is 29.8 Å². The van der Waals surface area contributed by atoms with E-state index in [0.717, 1.165) is 5.69 Å². The Kier molecular flexibility index (Phi) is 6.33. The van der Waals surface area contributed by atoms with Crippen LogP contribution in [0.4, 0.5) is 5.69 Å². The SMILES string of the molecule is CCOC(=O)C1CNNC1S(=O)(=O)N1CCN(c2ccc(C(C)=O)cc2)CC1. The molecule has 0 saturated carbocycles. The van der Waals surface area contributed by atoms with E-state index in [-0.39, 0.29) is 18.9 Å². The first-order valence-corrected chi connectivity index (χ1v) is 10.8. The average Bonchev–Trinajstić information content (AvgIpc) is 3.19. The Morgan fingerprint density at radius 3 is 2.36 bits per heavy atom. The summed E-state index contributed by atoms with van der Waals surface area (Å²) in [5, 5.41) is -1.03. The first kappa shape index (κ1) is 20.7. The summed E-state index contributed by atoms with van der Waals surface area (Å²) in [6, 6.07) is 7.30. The minimum absolute atomic E-state index is 0.0105. The molecule has 0 aromatic heterocycles. The van der Waals surface area contributed by atoms with Crippen LogP contribution in [-0.2, 0) is 19.6 Å². The number of benzene rings is 1. The molecule has 2 aliphatic heterocycles. The van der Waals surface area contributed by atoms with Gasteiger partial charge in [0.1, 0.15) is 5.92 Å². The van der Waals surface area contributed by atoms with Gasteiger partial charge in [-0.05, 0) is 38.1 Å². The van der Waals surface area contributed by atoms with E-state index in [2.05, 4.69) is 15.8 Å². The normalized spacial score (nSPS) is 23.6. The largest absolute Gasteiger partial charge is 0.466 e. The van der Waals surface area contributed by atoms with Crippen LogP contribution < -0.4 is 15.8 Å². The van der Waals surface area contributed by atoms with Crippen molar-refractivity contribution in [1.82, 2.24) is 15.2 Å². The number of sulfonamides is 1. The lowest BCUT2D eigenvalue weighted by atomic mass is 10.1. The van der Waals surface area contributed by atoms with E-state index in [1.807, 2.05) is 12.1 Å². The number of esters is 1. The highest BCUT2D eigenvalue weighted by Crippen LogP contribution is 2.23. The van der Waals surface area contributed by atoms with Gasteiger partial charge in [0.25, 0.3) is 0 Å². The fraction of sp³-hybridized carbons (Fsp3) is 0.556. The maximum Gasteiger partial charge on any atom is 0.313 e. The van der Waals surface area contributed by atoms with E-state index < -0.39 is 27.3 Å². The van der Waals surface area contributed by atoms with Crippen molar-refractivity contribution in [3.8, 4) is 0 Å². The molecule has 2 fully saturated rings. The van der Waals surface area contributed by atoms with Gasteiger partial charge in [0.15, 0.2) is 11.2 Å². The fourth-order valence-corrected chi connectivity index (χ4v) is 5.33. The maximum atomic E-state index is 13.0. The van der Waals surface area contributed by atoms with Crippen molar-refractivity contribution in [2.24, 2.45) is 5.92 Å². The van der Waals surface area contributed by atoms with E-state index in [9.17, 15) is 18.0 Å². The van der Waals surface area contributed by atoms with Gasteiger partial charge in [-0.15, -0.1) is 0 Å². The molecule has 2 atom stereocenters. The molecule has 3 rings (SSSR count). The minimum atomic E-state index is -3.71. The monoisotopic (exact) mass is 410 g/mol. The first-order valence-electron chi connectivity index (χ1n) is 9.34. The molecule has 0 spiro atoms. The Morgan fingerprint density at radius 1 is 1.14 bits per heavy atom. The van der Waals surface area contributed by atoms with Crippen molar-refractivity contribution < 1.29 is 22.7 Å². The van der Waals surface area contributed by atoms with Gasteiger partial charge < -0.3 is 9.64 Å². The summed E-state index contributed by atoms with van der Waals surface area (Å²) in [4.78, 5) is 25.6. The summed E-state index contributed by atoms with van der Waals surface area (Å²) in [5.41, 5.74) is 7.08. The quantitative estimate of drug-likeness (QED) is 0.497. The summed E-state index contributed by atoms with van der Waals surface area (Å²) in [7, 11) is -3.71. The number of ether oxygens (including phenoxy) is 1. The van der Waals surface area contributed by atoms with E-state index in [1.54, 1.807) is 19.1 Å². The molecule has 9 nitrogen and oxygen atoms in total. The molecule has 10 heteroatoms. The molecule has 0 bridgehead atoms. The fourth-order valence-electron chi connectivity index (χ4n) is 3.48. The van der Waals surface area contributed by atoms with Crippen molar-refractivity contribution in [2.45, 2.75) is 19.2 Å². The van der Waals surface area contributed by atoms with Crippen LogP contribution in [0.3, 0.4) is 0 Å². The van der Waals surface area contributed by atoms with Gasteiger partial charge in [-0.3, -0.25) is 15.0 Å². The number of carbonyl (C=O) groups is 2. The topological polar surface area (TPSA) is 108 Å². The van der Waals surface area contributed by atoms with Crippen LogP contribution in [0.25, 0.3) is 0 Å². The van der Waals surface area contributed by atoms with Crippen molar-refractivity contribution in [3.63, 3.8) is 0 Å². The molecule has 1 aromatic rings. The van der Waals surface area contributed by atoms with Crippen LogP contribution in [0.2, 0.25) is 0 Å². The van der Waals surface area contributed by atoms with Crippen LogP contribution in [-0.4, -0.2) is 69.2 Å². The number of hydrogen-bond acceptors (Lipinski definition) is 8. The molecule has 0 amide bonds. The number of nitrogens with zero attached hydrogens (tertiary/aromatic N) is 2. The van der Waals surface area contributed by atoms with Gasteiger partial charge in [-0.2, -0.15) is 4.31 Å². The lowest BCUT2D eigenvalue weighted by Gasteiger charge is -2.37. The second-order valence-electron chi connectivity index (χ2n) is 6.84. The first-order chi connectivity index (χ1) is 13.3. The minimum Gasteiger partial charge on any atom is -0.466 e. The smallest absolute Gasteiger partial charge is 0.313 e. The van der Waals surface area contributed by atoms with Gasteiger partial charge >= 0.3 is 5.97 Å². The zero-order valence-corrected chi connectivity index (χ0v) is 16.9. The third kappa shape index (κ3) is 4.19. The highest BCUT2D eigenvalue weighted by atomic mass is 32.2. The summed E-state index contributed by atoms with van der Waals surface area (Å²) in [6.45, 7) is 5.35. The molecule has 2 heterocycles. The van der Waals surface area contributed by atoms with Gasteiger partial charge in [-0.1, -0.05) is 0 Å². The third-order valence-corrected chi connectivity index (χ3v) is 7.25. The van der Waals surface area contributed by atoms with Gasteiger partial charge in [0, 0.05) is 44.0 Å². The molecular formula is C18H26N4O5S. The Hall–Kier alpha value is -2.01. The Bertz CT molecular complexity index is 819. The van der Waals surface area contributed by atoms with Crippen molar-refractivity contribution in [1.29, 1.82) is 0 Å². The second kappa shape index (κ2) is 8.56. The van der Waals surface area contributed by atoms with E-state index >= 15 is 0 Å². The molecule has 28 heavy (non-hydrogen) atoms. The van der Waals surface area contributed by atoms with Crippen molar-refractivity contribution in [2.75, 3.05) is 44.2 Å². The lowest BCUT2D eigenvalue weighted by Crippen LogP contribution is -2.55. The third-order valence-electron chi connectivity index (χ3n) is 5.08. The number of carbonyl (C=O) groups excluding carboxylic acids is 2. The molecule has 2 unspecified atom stereocenters. The number of ketones is 1. The predicted octanol–water partition coefficient (Wildman–Crippen LogP) is -0.0458. The summed E-state index contributed by atoms with van der Waals surface area (Å²) in [5.74, 6) is -1.28. The van der Waals surface area contributed by atoms with Crippen LogP contribution >= 0.6 is 0 Å². The highest BCUT2D eigenvalue weighted by molar-refractivity contribution is 7.89. The molecule has 0 radical (unpaired) electrons. The number of hydrazine groups is 1. The zero-order valence-electron chi connectivity index (χ0n) is 16.1. The van der Waals surface area contributed by atoms with E-state index in [1.165, 1.54) is 11.2 Å². The van der Waals surface area contributed by atoms with E-state index in [4.69, 9.17) is 4.74 Å². The summed E-state index contributed by atoms with van der Waals surface area (Å²) >= 11 is 0. The molecule has 2 N–H and O–H groups in total. The van der Waals surface area contributed by atoms with Gasteiger partial charge in [-0.25, -0.2) is 13.8 Å². The van der Waals surface area contributed by atoms with Crippen LogP contribution in [0.5, 0.6) is 0 Å². The predicted molar refractivity (Wildman–Crippen MR) is 104 cm³/mol. The standard InChI is InChI=1S/C18H26N4O5S/c1-3-27-18(24)16-12-19-20-17(16)28(25,26)22-10-8-21(9-11-22)15-6-4-14(5-7-15)13(2)23/h4-7,16-17,19-20H,3,8-12H2,1-2H3. The molecule has 154 valence electrons. The Morgan fingerprint density at radius 2 is 1.79 bits per heavy atom. The number of hydrogen-bond donors (Lipinski definition) is 2. The zero-order chi connectivity index (χ0) is 20.3. The molecule has 0 aliphatic carbocycles. The van der Waals surface area contributed by atoms with Crippen molar-refractivity contribution >= 4 is 27.5 Å². The number of piperazine rings is 1. The van der Waals surface area contributed by atoms with Gasteiger partial charge in [0.2, 0.25) is 10.0 Å². The Balaban J connectivity index is 1.64. The second-order valence-corrected chi connectivity index (χ2v) is 8.89. The number of rotatable bonds is 6. The maximum absolute atomic E-state index is 13.0. The number of Topliss-reactive ketones (excluding diaryl/α,β-unsaturated/α-hetero) is 1. The van der Waals surface area contributed by atoms with Gasteiger partial charge in [0.05, 0.1) is 6.61 Å². The summed E-state index contributed by atoms with van der Waals surface area (Å²) < 4.78 is 32.5. The van der Waals surface area contributed by atoms with Crippen LogP contribution in [0.1, 0.15) is 24.2 Å². The molecule has 2 saturated heterocycles. The Labute approximate surface area is 165 Å².